The summed E-state index contributed by atoms with van der Waals surface area (Å²) in [5.41, 5.74) is 9.45. The maximum absolute atomic E-state index is 12.2. The van der Waals surface area contributed by atoms with Crippen LogP contribution < -0.4 is 20.6 Å². The van der Waals surface area contributed by atoms with Gasteiger partial charge in [0.1, 0.15) is 5.75 Å². The van der Waals surface area contributed by atoms with Gasteiger partial charge in [-0.05, 0) is 68.3 Å². The molecule has 0 atom stereocenters. The van der Waals surface area contributed by atoms with Crippen LogP contribution in [0.2, 0.25) is 0 Å². The van der Waals surface area contributed by atoms with Crippen LogP contribution in [-0.2, 0) is 4.79 Å². The average Bonchev–Trinajstić information content (AvgIpc) is 3.13. The smallest absolute Gasteiger partial charge is 0.276 e. The van der Waals surface area contributed by atoms with E-state index in [9.17, 15) is 9.59 Å². The molecule has 0 saturated carbocycles. The molecule has 0 fully saturated rings. The highest BCUT2D eigenvalue weighted by atomic mass is 16.5. The Morgan fingerprint density at radius 2 is 1.79 bits per heavy atom. The minimum atomic E-state index is -0.440. The molecule has 2 aromatic rings. The number of carbonyl (C=O) groups excluding carboxylic acids is 2. The Labute approximate surface area is 164 Å². The summed E-state index contributed by atoms with van der Waals surface area (Å²) in [4.78, 5) is 24.1. The molecule has 2 aromatic carbocycles. The third kappa shape index (κ3) is 4.88. The van der Waals surface area contributed by atoms with Gasteiger partial charge >= 0.3 is 0 Å². The number of hydrazine groups is 1. The van der Waals surface area contributed by atoms with Gasteiger partial charge < -0.3 is 4.74 Å². The summed E-state index contributed by atoms with van der Waals surface area (Å²) in [6.07, 6.45) is 0.943. The Hall–Kier alpha value is -3.35. The lowest BCUT2D eigenvalue weighted by Crippen LogP contribution is -2.43. The summed E-state index contributed by atoms with van der Waals surface area (Å²) in [5.74, 6) is -0.225. The van der Waals surface area contributed by atoms with E-state index in [0.717, 1.165) is 35.5 Å². The maximum atomic E-state index is 12.2. The number of amides is 2. The van der Waals surface area contributed by atoms with Crippen molar-refractivity contribution in [1.82, 2.24) is 10.9 Å². The molecule has 146 valence electrons. The van der Waals surface area contributed by atoms with Crippen LogP contribution in [0.25, 0.3) is 0 Å². The molecule has 2 amide bonds. The third-order valence-electron chi connectivity index (χ3n) is 4.57. The first-order chi connectivity index (χ1) is 13.4. The second-order valence-corrected chi connectivity index (χ2v) is 6.79. The van der Waals surface area contributed by atoms with Crippen molar-refractivity contribution in [3.63, 3.8) is 0 Å². The molecule has 0 unspecified atom stereocenters. The maximum Gasteiger partial charge on any atom is 0.276 e. The van der Waals surface area contributed by atoms with E-state index in [2.05, 4.69) is 16.0 Å². The quantitative estimate of drug-likeness (QED) is 0.782. The van der Waals surface area contributed by atoms with Crippen molar-refractivity contribution in [2.24, 2.45) is 5.10 Å². The van der Waals surface area contributed by atoms with Crippen molar-refractivity contribution < 1.29 is 14.3 Å². The Bertz CT molecular complexity index is 906. The molecular formula is C21H24N4O3. The minimum absolute atomic E-state index is 0.186. The van der Waals surface area contributed by atoms with Gasteiger partial charge in [-0.1, -0.05) is 6.07 Å². The standard InChI is InChI=1S/C21H24N4O3/c1-14-4-9-19(12-15(14)2)28-13-20(26)22-23-21(27)17-5-7-18(8-6-17)25-11-10-16(3)24-25/h4-9,12H,10-11,13H2,1-3H3,(H,22,26)(H,23,27). The minimum Gasteiger partial charge on any atom is -0.484 e. The molecule has 0 saturated heterocycles. The van der Waals surface area contributed by atoms with Crippen LogP contribution in [0.4, 0.5) is 5.69 Å². The number of hydrazone groups is 1. The van der Waals surface area contributed by atoms with Crippen molar-refractivity contribution in [1.29, 1.82) is 0 Å². The summed E-state index contributed by atoms with van der Waals surface area (Å²) in [7, 11) is 0. The zero-order chi connectivity index (χ0) is 20.1. The van der Waals surface area contributed by atoms with Gasteiger partial charge in [0.05, 0.1) is 5.69 Å². The van der Waals surface area contributed by atoms with E-state index in [1.807, 2.05) is 56.1 Å². The fourth-order valence-electron chi connectivity index (χ4n) is 2.73. The lowest BCUT2D eigenvalue weighted by atomic mass is 10.1. The molecule has 1 aliphatic heterocycles. The molecule has 0 aliphatic carbocycles. The predicted octanol–water partition coefficient (Wildman–Crippen LogP) is 2.73. The summed E-state index contributed by atoms with van der Waals surface area (Å²) in [6.45, 7) is 6.63. The highest BCUT2D eigenvalue weighted by molar-refractivity contribution is 5.95. The first kappa shape index (κ1) is 19.4. The summed E-state index contributed by atoms with van der Waals surface area (Å²) in [5, 5.41) is 6.33. The molecule has 28 heavy (non-hydrogen) atoms. The zero-order valence-corrected chi connectivity index (χ0v) is 16.3. The second kappa shape index (κ2) is 8.56. The number of aryl methyl sites for hydroxylation is 2. The highest BCUT2D eigenvalue weighted by Gasteiger charge is 2.14. The molecule has 7 nitrogen and oxygen atoms in total. The molecular weight excluding hydrogens is 356 g/mol. The first-order valence-corrected chi connectivity index (χ1v) is 9.13. The molecule has 2 N–H and O–H groups in total. The van der Waals surface area contributed by atoms with Gasteiger partial charge in [0.15, 0.2) is 6.61 Å². The predicted molar refractivity (Wildman–Crippen MR) is 109 cm³/mol. The molecule has 0 spiro atoms. The van der Waals surface area contributed by atoms with E-state index in [0.29, 0.717) is 11.3 Å². The lowest BCUT2D eigenvalue weighted by Gasteiger charge is -2.14. The van der Waals surface area contributed by atoms with Crippen LogP contribution in [0.5, 0.6) is 5.75 Å². The van der Waals surface area contributed by atoms with E-state index < -0.39 is 11.8 Å². The van der Waals surface area contributed by atoms with Crippen LogP contribution >= 0.6 is 0 Å². The van der Waals surface area contributed by atoms with Crippen molar-refractivity contribution in [3.8, 4) is 5.75 Å². The summed E-state index contributed by atoms with van der Waals surface area (Å²) in [6, 6.07) is 12.7. The van der Waals surface area contributed by atoms with E-state index in [4.69, 9.17) is 4.74 Å². The van der Waals surface area contributed by atoms with E-state index in [-0.39, 0.29) is 6.61 Å². The van der Waals surface area contributed by atoms with E-state index in [1.54, 1.807) is 12.1 Å². The largest absolute Gasteiger partial charge is 0.484 e. The third-order valence-corrected chi connectivity index (χ3v) is 4.57. The van der Waals surface area contributed by atoms with Crippen LogP contribution in [0.15, 0.2) is 47.6 Å². The molecule has 1 heterocycles. The monoisotopic (exact) mass is 380 g/mol. The Balaban J connectivity index is 1.46. The van der Waals surface area contributed by atoms with Crippen molar-refractivity contribution in [2.75, 3.05) is 18.2 Å². The van der Waals surface area contributed by atoms with Gasteiger partial charge in [-0.15, -0.1) is 0 Å². The molecule has 0 radical (unpaired) electrons. The average molecular weight is 380 g/mol. The number of hydrogen-bond donors (Lipinski definition) is 2. The SMILES string of the molecule is CC1=NN(c2ccc(C(=O)NNC(=O)COc3ccc(C)c(C)c3)cc2)CC1. The normalized spacial score (nSPS) is 13.1. The molecule has 3 rings (SSSR count). The van der Waals surface area contributed by atoms with E-state index in [1.165, 1.54) is 0 Å². The van der Waals surface area contributed by atoms with Gasteiger partial charge in [0, 0.05) is 24.2 Å². The number of anilines is 1. The number of hydrogen-bond acceptors (Lipinski definition) is 5. The number of ether oxygens (including phenoxy) is 1. The number of rotatable bonds is 5. The van der Waals surface area contributed by atoms with Crippen molar-refractivity contribution in [2.45, 2.75) is 27.2 Å². The van der Waals surface area contributed by atoms with Gasteiger partial charge in [0.25, 0.3) is 11.8 Å². The zero-order valence-electron chi connectivity index (χ0n) is 16.3. The van der Waals surface area contributed by atoms with Crippen LogP contribution in [0.3, 0.4) is 0 Å². The van der Waals surface area contributed by atoms with Crippen molar-refractivity contribution >= 4 is 23.2 Å². The highest BCUT2D eigenvalue weighted by Crippen LogP contribution is 2.20. The van der Waals surface area contributed by atoms with Gasteiger partial charge in [-0.3, -0.25) is 25.4 Å². The molecule has 1 aliphatic rings. The van der Waals surface area contributed by atoms with Gasteiger partial charge in [-0.25, -0.2) is 0 Å². The number of nitrogens with zero attached hydrogens (tertiary/aromatic N) is 2. The van der Waals surface area contributed by atoms with Crippen molar-refractivity contribution in [3.05, 3.63) is 59.2 Å². The Morgan fingerprint density at radius 3 is 2.43 bits per heavy atom. The van der Waals surface area contributed by atoms with E-state index >= 15 is 0 Å². The molecule has 0 bridgehead atoms. The second-order valence-electron chi connectivity index (χ2n) is 6.79. The van der Waals surface area contributed by atoms with Gasteiger partial charge in [0.2, 0.25) is 0 Å². The number of benzene rings is 2. The lowest BCUT2D eigenvalue weighted by molar-refractivity contribution is -0.123. The number of carbonyl (C=O) groups is 2. The first-order valence-electron chi connectivity index (χ1n) is 9.13. The van der Waals surface area contributed by atoms with Crippen LogP contribution in [0.1, 0.15) is 34.8 Å². The van der Waals surface area contributed by atoms with Crippen LogP contribution in [-0.4, -0.2) is 30.7 Å². The van der Waals surface area contributed by atoms with Crippen LogP contribution in [0, 0.1) is 13.8 Å². The molecule has 0 aromatic heterocycles. The fraction of sp³-hybridized carbons (Fsp3) is 0.286. The number of nitrogens with one attached hydrogen (secondary N) is 2. The fourth-order valence-corrected chi connectivity index (χ4v) is 2.73. The summed E-state index contributed by atoms with van der Waals surface area (Å²) >= 11 is 0. The summed E-state index contributed by atoms with van der Waals surface area (Å²) < 4.78 is 5.44. The Kier molecular flexibility index (Phi) is 5.93. The Morgan fingerprint density at radius 1 is 1.04 bits per heavy atom. The van der Waals surface area contributed by atoms with Gasteiger partial charge in [-0.2, -0.15) is 5.10 Å². The molecule has 7 heteroatoms. The topological polar surface area (TPSA) is 83.0 Å².